The van der Waals surface area contributed by atoms with Crippen LogP contribution >= 0.6 is 0 Å². The van der Waals surface area contributed by atoms with Gasteiger partial charge in [0.05, 0.1) is 19.3 Å². The van der Waals surface area contributed by atoms with Gasteiger partial charge in [-0.05, 0) is 104 Å². The van der Waals surface area contributed by atoms with Gasteiger partial charge in [0, 0.05) is 12.5 Å². The Labute approximate surface area is 204 Å². The molecule has 4 aliphatic carbocycles. The molecule has 0 heterocycles. The van der Waals surface area contributed by atoms with E-state index in [-0.39, 0.29) is 40.8 Å². The van der Waals surface area contributed by atoms with E-state index < -0.39 is 6.10 Å². The summed E-state index contributed by atoms with van der Waals surface area (Å²) < 4.78 is 4.85. The van der Waals surface area contributed by atoms with Crippen LogP contribution in [0.25, 0.3) is 0 Å². The van der Waals surface area contributed by atoms with Crippen molar-refractivity contribution in [2.75, 3.05) is 7.11 Å². The number of rotatable bonds is 6. The van der Waals surface area contributed by atoms with Crippen molar-refractivity contribution in [3.05, 3.63) is 12.7 Å². The van der Waals surface area contributed by atoms with E-state index in [9.17, 15) is 19.8 Å². The Bertz CT molecular complexity index is 800. The summed E-state index contributed by atoms with van der Waals surface area (Å²) in [6.07, 6.45) is 8.23. The predicted octanol–water partition coefficient (Wildman–Crippen LogP) is 3.85. The summed E-state index contributed by atoms with van der Waals surface area (Å²) in [6.45, 7) is 10.4. The number of fused-ring (bicyclic) bond motifs is 5. The number of aliphatic hydroxyl groups is 2. The zero-order valence-corrected chi connectivity index (χ0v) is 21.5. The van der Waals surface area contributed by atoms with Gasteiger partial charge in [0.25, 0.3) is 0 Å². The van der Waals surface area contributed by atoms with E-state index >= 15 is 0 Å². The van der Waals surface area contributed by atoms with Gasteiger partial charge < -0.3 is 20.3 Å². The molecule has 0 spiro atoms. The normalized spacial score (nSPS) is 46.4. The lowest BCUT2D eigenvalue weighted by molar-refractivity contribution is -0.202. The van der Waals surface area contributed by atoms with Crippen molar-refractivity contribution in [1.29, 1.82) is 0 Å². The summed E-state index contributed by atoms with van der Waals surface area (Å²) in [6, 6.07) is 0.137. The van der Waals surface area contributed by atoms with E-state index in [0.29, 0.717) is 36.0 Å². The van der Waals surface area contributed by atoms with Crippen LogP contribution in [-0.2, 0) is 14.3 Å². The number of ether oxygens (including phenoxy) is 1. The number of nitrogens with one attached hydrogen (secondary N) is 1. The van der Waals surface area contributed by atoms with Gasteiger partial charge >= 0.3 is 5.97 Å². The van der Waals surface area contributed by atoms with Gasteiger partial charge in [-0.3, -0.25) is 9.59 Å². The standard InChI is InChI=1S/C28H45NO5/c1-6-24(32)29-18-11-12-27(3)17(13-18)14-22(30)26-20-9-8-19(16(2)7-10-25(33)34-5)28(20,4)23(31)15-21(26)27/h6,16-23,26,30-31H,1,7-15H2,2-5H3,(H,29,32). The lowest BCUT2D eigenvalue weighted by Crippen LogP contribution is -2.63. The highest BCUT2D eigenvalue weighted by Crippen LogP contribution is 2.68. The first kappa shape index (κ1) is 25.7. The summed E-state index contributed by atoms with van der Waals surface area (Å²) in [7, 11) is 1.43. The van der Waals surface area contributed by atoms with Gasteiger partial charge in [0.15, 0.2) is 0 Å². The average Bonchev–Trinajstić information content (AvgIpc) is 3.17. The Kier molecular flexibility index (Phi) is 7.23. The molecule has 11 atom stereocenters. The first-order valence-electron chi connectivity index (χ1n) is 13.4. The van der Waals surface area contributed by atoms with Crippen molar-refractivity contribution in [2.45, 2.75) is 96.8 Å². The molecule has 4 saturated carbocycles. The molecule has 0 aliphatic heterocycles. The highest BCUT2D eigenvalue weighted by Gasteiger charge is 2.65. The molecule has 6 nitrogen and oxygen atoms in total. The number of esters is 1. The molecule has 0 aromatic heterocycles. The number of methoxy groups -OCH3 is 1. The molecular weight excluding hydrogens is 430 g/mol. The zero-order chi connectivity index (χ0) is 24.8. The summed E-state index contributed by atoms with van der Waals surface area (Å²) in [5, 5.41) is 26.3. The molecule has 3 N–H and O–H groups in total. The second-order valence-electron chi connectivity index (χ2n) is 12.4. The maximum atomic E-state index is 11.9. The number of hydrogen-bond donors (Lipinski definition) is 3. The molecule has 4 rings (SSSR count). The summed E-state index contributed by atoms with van der Waals surface area (Å²) in [5.41, 5.74) is -0.147. The van der Waals surface area contributed by atoms with Gasteiger partial charge in [0.1, 0.15) is 0 Å². The van der Waals surface area contributed by atoms with Crippen molar-refractivity contribution in [3.8, 4) is 0 Å². The Hall–Kier alpha value is -1.40. The van der Waals surface area contributed by atoms with Crippen LogP contribution in [-0.4, -0.2) is 47.4 Å². The minimum absolute atomic E-state index is 0.0796. The van der Waals surface area contributed by atoms with Crippen molar-refractivity contribution in [1.82, 2.24) is 5.32 Å². The molecule has 192 valence electrons. The minimum Gasteiger partial charge on any atom is -0.469 e. The van der Waals surface area contributed by atoms with Crippen molar-refractivity contribution in [2.24, 2.45) is 46.3 Å². The van der Waals surface area contributed by atoms with Crippen LogP contribution in [0.15, 0.2) is 12.7 Å². The van der Waals surface area contributed by atoms with E-state index in [1.54, 1.807) is 0 Å². The van der Waals surface area contributed by atoms with E-state index in [0.717, 1.165) is 51.4 Å². The fourth-order valence-corrected chi connectivity index (χ4v) is 9.19. The van der Waals surface area contributed by atoms with Gasteiger partial charge in [-0.15, -0.1) is 0 Å². The Morgan fingerprint density at radius 2 is 1.88 bits per heavy atom. The highest BCUT2D eigenvalue weighted by molar-refractivity contribution is 5.87. The third-order valence-electron chi connectivity index (χ3n) is 11.1. The molecule has 0 aromatic rings. The Morgan fingerprint density at radius 1 is 1.15 bits per heavy atom. The fraction of sp³-hybridized carbons (Fsp3) is 0.857. The second kappa shape index (κ2) is 9.57. The van der Waals surface area contributed by atoms with E-state index in [1.165, 1.54) is 13.2 Å². The van der Waals surface area contributed by atoms with Crippen molar-refractivity contribution in [3.63, 3.8) is 0 Å². The summed E-state index contributed by atoms with van der Waals surface area (Å²) in [5.74, 6) is 1.55. The topological polar surface area (TPSA) is 95.9 Å². The first-order valence-corrected chi connectivity index (χ1v) is 13.4. The monoisotopic (exact) mass is 475 g/mol. The number of hydrogen-bond acceptors (Lipinski definition) is 5. The fourth-order valence-electron chi connectivity index (χ4n) is 9.19. The zero-order valence-electron chi connectivity index (χ0n) is 21.5. The molecule has 4 aliphatic rings. The number of amides is 1. The third kappa shape index (κ3) is 4.13. The first-order chi connectivity index (χ1) is 16.1. The number of carbonyl (C=O) groups is 2. The SMILES string of the molecule is C=CC(=O)NC1CCC2(C)C(C1)CC(O)C1C2CC(O)C2(C)C(C(C)CCC(=O)OC)CCC12. The molecule has 0 radical (unpaired) electrons. The average molecular weight is 476 g/mol. The lowest BCUT2D eigenvalue weighted by atomic mass is 9.43. The summed E-state index contributed by atoms with van der Waals surface area (Å²) >= 11 is 0. The molecule has 0 bridgehead atoms. The second-order valence-corrected chi connectivity index (χ2v) is 12.4. The molecule has 11 unspecified atom stereocenters. The quantitative estimate of drug-likeness (QED) is 0.401. The molecule has 0 aromatic carbocycles. The maximum absolute atomic E-state index is 11.9. The van der Waals surface area contributed by atoms with Crippen LogP contribution < -0.4 is 5.32 Å². The molecular formula is C28H45NO5. The summed E-state index contributed by atoms with van der Waals surface area (Å²) in [4.78, 5) is 23.6. The van der Waals surface area contributed by atoms with Crippen LogP contribution in [0, 0.1) is 46.3 Å². The van der Waals surface area contributed by atoms with Gasteiger partial charge in [-0.1, -0.05) is 27.4 Å². The molecule has 4 fully saturated rings. The van der Waals surface area contributed by atoms with E-state index in [1.807, 2.05) is 0 Å². The number of aliphatic hydroxyl groups excluding tert-OH is 2. The Balaban J connectivity index is 1.53. The van der Waals surface area contributed by atoms with Crippen LogP contribution in [0.5, 0.6) is 0 Å². The molecule has 34 heavy (non-hydrogen) atoms. The third-order valence-corrected chi connectivity index (χ3v) is 11.1. The Morgan fingerprint density at radius 3 is 2.56 bits per heavy atom. The van der Waals surface area contributed by atoms with E-state index in [2.05, 4.69) is 32.7 Å². The molecule has 0 saturated heterocycles. The van der Waals surface area contributed by atoms with Crippen LogP contribution in [0.1, 0.15) is 78.6 Å². The molecule has 6 heteroatoms. The van der Waals surface area contributed by atoms with Crippen LogP contribution in [0.3, 0.4) is 0 Å². The minimum atomic E-state index is -0.396. The lowest BCUT2D eigenvalue weighted by Gasteiger charge is -2.63. The molecule has 1 amide bonds. The van der Waals surface area contributed by atoms with Gasteiger partial charge in [-0.25, -0.2) is 0 Å². The predicted molar refractivity (Wildman–Crippen MR) is 131 cm³/mol. The smallest absolute Gasteiger partial charge is 0.305 e. The largest absolute Gasteiger partial charge is 0.469 e. The van der Waals surface area contributed by atoms with Gasteiger partial charge in [0.2, 0.25) is 5.91 Å². The highest BCUT2D eigenvalue weighted by atomic mass is 16.5. The van der Waals surface area contributed by atoms with Crippen LogP contribution in [0.4, 0.5) is 0 Å². The number of carbonyl (C=O) groups excluding carboxylic acids is 2. The van der Waals surface area contributed by atoms with Gasteiger partial charge in [-0.2, -0.15) is 0 Å². The van der Waals surface area contributed by atoms with E-state index in [4.69, 9.17) is 4.74 Å². The van der Waals surface area contributed by atoms with Crippen molar-refractivity contribution >= 4 is 11.9 Å². The van der Waals surface area contributed by atoms with Crippen LogP contribution in [0.2, 0.25) is 0 Å². The van der Waals surface area contributed by atoms with Crippen molar-refractivity contribution < 1.29 is 24.5 Å². The maximum Gasteiger partial charge on any atom is 0.305 e.